The molecule has 2 unspecified atom stereocenters. The molecule has 0 aromatic heterocycles. The predicted molar refractivity (Wildman–Crippen MR) is 50.1 cm³/mol. The van der Waals surface area contributed by atoms with Gasteiger partial charge in [0, 0.05) is 0 Å². The van der Waals surface area contributed by atoms with Crippen molar-refractivity contribution < 1.29 is 4.74 Å². The Kier molecular flexibility index (Phi) is 1.89. The SMILES string of the molecule is CC(C)(C#N)C12CCCCCC1O2. The molecule has 1 saturated carbocycles. The standard InChI is InChI=1S/C11H17NO/c1-10(2,8-12)11-7-5-3-4-6-9(11)13-11/h9H,3-7H2,1-2H3. The molecule has 2 atom stereocenters. The zero-order chi connectivity index (χ0) is 9.53. The zero-order valence-corrected chi connectivity index (χ0v) is 8.47. The minimum atomic E-state index is -0.304. The summed E-state index contributed by atoms with van der Waals surface area (Å²) in [6.07, 6.45) is 6.42. The summed E-state index contributed by atoms with van der Waals surface area (Å²) in [6, 6.07) is 2.40. The van der Waals surface area contributed by atoms with E-state index < -0.39 is 0 Å². The molecule has 0 N–H and O–H groups in total. The number of nitriles is 1. The lowest BCUT2D eigenvalue weighted by molar-refractivity contribution is 0.169. The van der Waals surface area contributed by atoms with E-state index in [0.717, 1.165) is 12.8 Å². The van der Waals surface area contributed by atoms with Gasteiger partial charge in [0.1, 0.15) is 5.60 Å². The predicted octanol–water partition coefficient (Wildman–Crippen LogP) is 2.64. The van der Waals surface area contributed by atoms with Crippen molar-refractivity contribution in [3.05, 3.63) is 0 Å². The van der Waals surface area contributed by atoms with Crippen LogP contribution in [0.2, 0.25) is 0 Å². The summed E-state index contributed by atoms with van der Waals surface area (Å²) in [4.78, 5) is 0. The quantitative estimate of drug-likeness (QED) is 0.580. The van der Waals surface area contributed by atoms with Crippen molar-refractivity contribution in [1.82, 2.24) is 0 Å². The van der Waals surface area contributed by atoms with Gasteiger partial charge in [0.25, 0.3) is 0 Å². The molecule has 1 aliphatic heterocycles. The highest BCUT2D eigenvalue weighted by Gasteiger charge is 2.64. The number of ether oxygens (including phenoxy) is 1. The van der Waals surface area contributed by atoms with Crippen LogP contribution in [0.3, 0.4) is 0 Å². The molecule has 1 aliphatic carbocycles. The third-order valence-electron chi connectivity index (χ3n) is 3.67. The van der Waals surface area contributed by atoms with Crippen molar-refractivity contribution in [2.75, 3.05) is 0 Å². The van der Waals surface area contributed by atoms with E-state index in [4.69, 9.17) is 10.00 Å². The summed E-state index contributed by atoms with van der Waals surface area (Å²) < 4.78 is 5.78. The molecule has 13 heavy (non-hydrogen) atoms. The Hall–Kier alpha value is -0.550. The second-order valence-corrected chi connectivity index (χ2v) is 4.83. The number of fused-ring (bicyclic) bond motifs is 1. The molecule has 0 amide bonds. The molecule has 0 aromatic rings. The maximum Gasteiger partial charge on any atom is 0.113 e. The van der Waals surface area contributed by atoms with E-state index in [0.29, 0.717) is 6.10 Å². The van der Waals surface area contributed by atoms with Gasteiger partial charge in [-0.2, -0.15) is 5.26 Å². The summed E-state index contributed by atoms with van der Waals surface area (Å²) in [5, 5.41) is 9.10. The smallest absolute Gasteiger partial charge is 0.113 e. The normalized spacial score (nSPS) is 38.7. The van der Waals surface area contributed by atoms with Gasteiger partial charge >= 0.3 is 0 Å². The van der Waals surface area contributed by atoms with Gasteiger partial charge < -0.3 is 4.74 Å². The largest absolute Gasteiger partial charge is 0.364 e. The van der Waals surface area contributed by atoms with Crippen LogP contribution in [0.15, 0.2) is 0 Å². The Bertz CT molecular complexity index is 253. The van der Waals surface area contributed by atoms with Crippen LogP contribution in [-0.2, 0) is 4.74 Å². The Morgan fingerprint density at radius 1 is 1.38 bits per heavy atom. The third-order valence-corrected chi connectivity index (χ3v) is 3.67. The summed E-state index contributed by atoms with van der Waals surface area (Å²) in [5.74, 6) is 0. The van der Waals surface area contributed by atoms with E-state index in [1.165, 1.54) is 19.3 Å². The second kappa shape index (κ2) is 2.72. The van der Waals surface area contributed by atoms with E-state index in [2.05, 4.69) is 6.07 Å². The van der Waals surface area contributed by atoms with E-state index in [9.17, 15) is 0 Å². The topological polar surface area (TPSA) is 36.3 Å². The number of epoxide rings is 1. The monoisotopic (exact) mass is 179 g/mol. The van der Waals surface area contributed by atoms with Gasteiger partial charge in [0.2, 0.25) is 0 Å². The van der Waals surface area contributed by atoms with Crippen molar-refractivity contribution in [3.8, 4) is 6.07 Å². The fourth-order valence-corrected chi connectivity index (χ4v) is 2.58. The maximum absolute atomic E-state index is 9.10. The molecule has 2 fully saturated rings. The first-order valence-electron chi connectivity index (χ1n) is 5.21. The molecular formula is C11H17NO. The maximum atomic E-state index is 9.10. The van der Waals surface area contributed by atoms with Crippen LogP contribution < -0.4 is 0 Å². The van der Waals surface area contributed by atoms with Crippen LogP contribution in [-0.4, -0.2) is 11.7 Å². The molecule has 2 nitrogen and oxygen atoms in total. The van der Waals surface area contributed by atoms with Crippen molar-refractivity contribution >= 4 is 0 Å². The van der Waals surface area contributed by atoms with E-state index in [1.54, 1.807) is 0 Å². The molecule has 72 valence electrons. The highest BCUT2D eigenvalue weighted by Crippen LogP contribution is 2.56. The van der Waals surface area contributed by atoms with Crippen LogP contribution >= 0.6 is 0 Å². The van der Waals surface area contributed by atoms with Gasteiger partial charge in [-0.15, -0.1) is 0 Å². The third kappa shape index (κ3) is 1.18. The Labute approximate surface area is 79.9 Å². The lowest BCUT2D eigenvalue weighted by atomic mass is 9.75. The fraction of sp³-hybridized carbons (Fsp3) is 0.909. The highest BCUT2D eigenvalue weighted by atomic mass is 16.6. The van der Waals surface area contributed by atoms with Gasteiger partial charge in [0.05, 0.1) is 17.6 Å². The average Bonchev–Trinajstić information content (AvgIpc) is 2.77. The lowest BCUT2D eigenvalue weighted by Crippen LogP contribution is -2.33. The molecular weight excluding hydrogens is 162 g/mol. The zero-order valence-electron chi connectivity index (χ0n) is 8.47. The molecule has 0 aromatic carbocycles. The molecule has 2 aliphatic rings. The Morgan fingerprint density at radius 3 is 2.85 bits per heavy atom. The first-order chi connectivity index (χ1) is 6.12. The van der Waals surface area contributed by atoms with Crippen LogP contribution in [0.25, 0.3) is 0 Å². The summed E-state index contributed by atoms with van der Waals surface area (Å²) >= 11 is 0. The second-order valence-electron chi connectivity index (χ2n) is 4.83. The Morgan fingerprint density at radius 2 is 2.15 bits per heavy atom. The van der Waals surface area contributed by atoms with Gasteiger partial charge in [-0.25, -0.2) is 0 Å². The van der Waals surface area contributed by atoms with Crippen LogP contribution in [0, 0.1) is 16.7 Å². The first kappa shape index (κ1) is 9.02. The van der Waals surface area contributed by atoms with E-state index in [1.807, 2.05) is 13.8 Å². The van der Waals surface area contributed by atoms with Crippen molar-refractivity contribution in [1.29, 1.82) is 5.26 Å². The molecule has 1 heterocycles. The molecule has 0 radical (unpaired) electrons. The molecule has 2 heteroatoms. The molecule has 1 saturated heterocycles. The van der Waals surface area contributed by atoms with Crippen molar-refractivity contribution in [2.45, 2.75) is 57.7 Å². The number of rotatable bonds is 1. The summed E-state index contributed by atoms with van der Waals surface area (Å²) in [7, 11) is 0. The molecule has 0 bridgehead atoms. The lowest BCUT2D eigenvalue weighted by Gasteiger charge is -2.24. The van der Waals surface area contributed by atoms with E-state index in [-0.39, 0.29) is 11.0 Å². The van der Waals surface area contributed by atoms with E-state index >= 15 is 0 Å². The van der Waals surface area contributed by atoms with Crippen molar-refractivity contribution in [2.24, 2.45) is 5.41 Å². The van der Waals surface area contributed by atoms with Crippen LogP contribution in [0.5, 0.6) is 0 Å². The average molecular weight is 179 g/mol. The van der Waals surface area contributed by atoms with Crippen LogP contribution in [0.1, 0.15) is 46.0 Å². The first-order valence-corrected chi connectivity index (χ1v) is 5.21. The Balaban J connectivity index is 2.18. The minimum Gasteiger partial charge on any atom is -0.364 e. The minimum absolute atomic E-state index is 0.0851. The fourth-order valence-electron chi connectivity index (χ4n) is 2.58. The van der Waals surface area contributed by atoms with Crippen molar-refractivity contribution in [3.63, 3.8) is 0 Å². The number of hydrogen-bond donors (Lipinski definition) is 0. The number of hydrogen-bond acceptors (Lipinski definition) is 2. The highest BCUT2D eigenvalue weighted by molar-refractivity contribution is 5.19. The molecule has 0 spiro atoms. The number of nitrogens with zero attached hydrogens (tertiary/aromatic N) is 1. The van der Waals surface area contributed by atoms with Crippen LogP contribution in [0.4, 0.5) is 0 Å². The summed E-state index contributed by atoms with van der Waals surface area (Å²) in [5.41, 5.74) is -0.389. The van der Waals surface area contributed by atoms with Gasteiger partial charge in [-0.05, 0) is 26.7 Å². The van der Waals surface area contributed by atoms with Gasteiger partial charge in [-0.3, -0.25) is 0 Å². The van der Waals surface area contributed by atoms with Gasteiger partial charge in [0.15, 0.2) is 0 Å². The molecule has 2 rings (SSSR count). The summed E-state index contributed by atoms with van der Waals surface area (Å²) in [6.45, 7) is 4.02. The van der Waals surface area contributed by atoms with Gasteiger partial charge in [-0.1, -0.05) is 19.3 Å².